The van der Waals surface area contributed by atoms with Crippen molar-refractivity contribution >= 4 is 15.8 Å². The zero-order valence-corrected chi connectivity index (χ0v) is 17.6. The van der Waals surface area contributed by atoms with Gasteiger partial charge in [-0.15, -0.1) is 0 Å². The third-order valence-electron chi connectivity index (χ3n) is 4.58. The molecule has 0 aliphatic heterocycles. The first-order chi connectivity index (χ1) is 14.4. The Morgan fingerprint density at radius 1 is 1.00 bits per heavy atom. The largest absolute Gasteiger partial charge is 0.465 e. The van der Waals surface area contributed by atoms with Crippen LogP contribution in [0.1, 0.15) is 33.3 Å². The molecular formula is C23H23NO5S. The summed E-state index contributed by atoms with van der Waals surface area (Å²) < 4.78 is 34.6. The molecule has 6 nitrogen and oxygen atoms in total. The van der Waals surface area contributed by atoms with Gasteiger partial charge in [-0.1, -0.05) is 42.5 Å². The lowest BCUT2D eigenvalue weighted by Gasteiger charge is -2.18. The fourth-order valence-corrected chi connectivity index (χ4v) is 3.66. The van der Waals surface area contributed by atoms with Gasteiger partial charge in [-0.05, 0) is 35.4 Å². The first-order valence-corrected chi connectivity index (χ1v) is 11.2. The molecule has 0 saturated carbocycles. The van der Waals surface area contributed by atoms with Crippen molar-refractivity contribution in [2.75, 3.05) is 13.4 Å². The van der Waals surface area contributed by atoms with Crippen LogP contribution in [-0.2, 0) is 32.3 Å². The van der Waals surface area contributed by atoms with Gasteiger partial charge < -0.3 is 9.47 Å². The fourth-order valence-electron chi connectivity index (χ4n) is 2.97. The van der Waals surface area contributed by atoms with Crippen LogP contribution in [0, 0.1) is 0 Å². The minimum atomic E-state index is -3.31. The van der Waals surface area contributed by atoms with E-state index in [1.54, 1.807) is 30.3 Å². The van der Waals surface area contributed by atoms with E-state index in [2.05, 4.69) is 4.98 Å². The normalized spacial score (nSPS) is 12.3. The van der Waals surface area contributed by atoms with Crippen molar-refractivity contribution in [2.45, 2.75) is 24.0 Å². The lowest BCUT2D eigenvalue weighted by atomic mass is 10.0. The average molecular weight is 426 g/mol. The van der Waals surface area contributed by atoms with E-state index in [-0.39, 0.29) is 4.90 Å². The Labute approximate surface area is 176 Å². The molecule has 0 radical (unpaired) electrons. The summed E-state index contributed by atoms with van der Waals surface area (Å²) in [6.07, 6.45) is 2.64. The van der Waals surface area contributed by atoms with Gasteiger partial charge in [0.05, 0.1) is 29.9 Å². The van der Waals surface area contributed by atoms with E-state index in [1.807, 2.05) is 36.4 Å². The molecular weight excluding hydrogens is 402 g/mol. The Morgan fingerprint density at radius 2 is 1.73 bits per heavy atom. The summed E-state index contributed by atoms with van der Waals surface area (Å²) in [7, 11) is -1.99. The molecule has 7 heteroatoms. The van der Waals surface area contributed by atoms with Crippen LogP contribution in [0.25, 0.3) is 0 Å². The van der Waals surface area contributed by atoms with Crippen molar-refractivity contribution in [3.63, 3.8) is 0 Å². The van der Waals surface area contributed by atoms with Crippen molar-refractivity contribution in [3.8, 4) is 0 Å². The zero-order chi connectivity index (χ0) is 21.6. The number of rotatable bonds is 8. The molecule has 0 spiro atoms. The summed E-state index contributed by atoms with van der Waals surface area (Å²) in [6, 6.07) is 19.9. The second-order valence-corrected chi connectivity index (χ2v) is 8.89. The van der Waals surface area contributed by atoms with E-state index in [0.29, 0.717) is 24.3 Å². The summed E-state index contributed by atoms with van der Waals surface area (Å²) >= 11 is 0. The Balaban J connectivity index is 1.86. The van der Waals surface area contributed by atoms with Crippen LogP contribution in [0.15, 0.2) is 77.8 Å². The van der Waals surface area contributed by atoms with Gasteiger partial charge in [-0.2, -0.15) is 0 Å². The zero-order valence-electron chi connectivity index (χ0n) is 16.8. The number of sulfone groups is 1. The molecule has 0 amide bonds. The molecule has 0 bridgehead atoms. The summed E-state index contributed by atoms with van der Waals surface area (Å²) in [5.41, 5.74) is 2.82. The number of carbonyl (C=O) groups is 1. The van der Waals surface area contributed by atoms with E-state index in [4.69, 9.17) is 9.47 Å². The highest BCUT2D eigenvalue weighted by Gasteiger charge is 2.18. The number of carbonyl (C=O) groups excluding carboxylic acids is 1. The van der Waals surface area contributed by atoms with Crippen molar-refractivity contribution < 1.29 is 22.7 Å². The first kappa shape index (κ1) is 21.7. The molecule has 0 saturated heterocycles. The van der Waals surface area contributed by atoms with Crippen molar-refractivity contribution in [2.24, 2.45) is 0 Å². The molecule has 1 atom stereocenters. The highest BCUT2D eigenvalue weighted by molar-refractivity contribution is 7.90. The van der Waals surface area contributed by atoms with Gasteiger partial charge in [-0.25, -0.2) is 13.2 Å². The van der Waals surface area contributed by atoms with Gasteiger partial charge in [0, 0.05) is 18.9 Å². The van der Waals surface area contributed by atoms with E-state index in [9.17, 15) is 13.2 Å². The van der Waals surface area contributed by atoms with E-state index < -0.39 is 21.9 Å². The molecule has 1 aromatic heterocycles. The number of methoxy groups -OCH3 is 1. The molecule has 156 valence electrons. The maximum Gasteiger partial charge on any atom is 0.339 e. The van der Waals surface area contributed by atoms with Gasteiger partial charge in [0.1, 0.15) is 6.10 Å². The molecule has 30 heavy (non-hydrogen) atoms. The maximum atomic E-state index is 11.9. The SMILES string of the molecule is COC(=O)c1ccc(C(Cc2cccc(S(C)(=O)=O)c2)OCc2ccccc2)nc1. The number of pyridine rings is 1. The molecule has 2 aromatic carbocycles. The number of aromatic nitrogens is 1. The number of hydrogen-bond donors (Lipinski definition) is 0. The second-order valence-electron chi connectivity index (χ2n) is 6.87. The van der Waals surface area contributed by atoms with Gasteiger partial charge >= 0.3 is 5.97 Å². The topological polar surface area (TPSA) is 82.6 Å². The van der Waals surface area contributed by atoms with Gasteiger partial charge in [-0.3, -0.25) is 4.98 Å². The van der Waals surface area contributed by atoms with Crippen LogP contribution in [0.2, 0.25) is 0 Å². The van der Waals surface area contributed by atoms with Crippen molar-refractivity contribution in [1.82, 2.24) is 4.98 Å². The van der Waals surface area contributed by atoms with E-state index >= 15 is 0 Å². The molecule has 3 rings (SSSR count). The number of ether oxygens (including phenoxy) is 2. The minimum Gasteiger partial charge on any atom is -0.465 e. The van der Waals surface area contributed by atoms with Crippen LogP contribution in [0.4, 0.5) is 0 Å². The number of hydrogen-bond acceptors (Lipinski definition) is 6. The lowest BCUT2D eigenvalue weighted by molar-refractivity contribution is 0.0369. The van der Waals surface area contributed by atoms with Gasteiger partial charge in [0.2, 0.25) is 0 Å². The minimum absolute atomic E-state index is 0.260. The first-order valence-electron chi connectivity index (χ1n) is 9.35. The highest BCUT2D eigenvalue weighted by atomic mass is 32.2. The van der Waals surface area contributed by atoms with Crippen LogP contribution in [0.3, 0.4) is 0 Å². The Hall–Kier alpha value is -3.03. The molecule has 0 aliphatic rings. The standard InChI is InChI=1S/C23H23NO5S/c1-28-23(25)19-11-12-21(24-15-19)22(29-16-17-7-4-3-5-8-17)14-18-9-6-10-20(13-18)30(2,26)27/h3-13,15,22H,14,16H2,1-2H3. The number of esters is 1. The predicted molar refractivity (Wildman–Crippen MR) is 113 cm³/mol. The second kappa shape index (κ2) is 9.65. The fraction of sp³-hybridized carbons (Fsp3) is 0.217. The molecule has 0 fully saturated rings. The van der Waals surface area contributed by atoms with Crippen LogP contribution >= 0.6 is 0 Å². The third kappa shape index (κ3) is 5.75. The summed E-state index contributed by atoms with van der Waals surface area (Å²) in [5.74, 6) is -0.461. The quantitative estimate of drug-likeness (QED) is 0.511. The molecule has 1 unspecified atom stereocenters. The smallest absolute Gasteiger partial charge is 0.339 e. The molecule has 1 heterocycles. The summed E-state index contributed by atoms with van der Waals surface area (Å²) in [4.78, 5) is 16.3. The van der Waals surface area contributed by atoms with Gasteiger partial charge in [0.15, 0.2) is 9.84 Å². The summed E-state index contributed by atoms with van der Waals surface area (Å²) in [6.45, 7) is 0.373. The maximum absolute atomic E-state index is 11.9. The Morgan fingerprint density at radius 3 is 2.37 bits per heavy atom. The van der Waals surface area contributed by atoms with Crippen LogP contribution < -0.4 is 0 Å². The van der Waals surface area contributed by atoms with E-state index in [1.165, 1.54) is 19.6 Å². The van der Waals surface area contributed by atoms with Crippen LogP contribution in [0.5, 0.6) is 0 Å². The highest BCUT2D eigenvalue weighted by Crippen LogP contribution is 2.24. The van der Waals surface area contributed by atoms with Gasteiger partial charge in [0.25, 0.3) is 0 Å². The lowest BCUT2D eigenvalue weighted by Crippen LogP contribution is -2.11. The van der Waals surface area contributed by atoms with Crippen LogP contribution in [-0.4, -0.2) is 32.7 Å². The molecule has 0 aliphatic carbocycles. The third-order valence-corrected chi connectivity index (χ3v) is 5.69. The number of nitrogens with zero attached hydrogens (tertiary/aromatic N) is 1. The number of benzene rings is 2. The molecule has 3 aromatic rings. The average Bonchev–Trinajstić information content (AvgIpc) is 2.76. The van der Waals surface area contributed by atoms with E-state index in [0.717, 1.165) is 11.1 Å². The monoisotopic (exact) mass is 425 g/mol. The predicted octanol–water partition coefficient (Wildman–Crippen LogP) is 3.77. The van der Waals surface area contributed by atoms with Crippen molar-refractivity contribution in [3.05, 3.63) is 95.3 Å². The summed E-state index contributed by atoms with van der Waals surface area (Å²) in [5, 5.41) is 0. The molecule has 0 N–H and O–H groups in total. The Bertz CT molecular complexity index is 1100. The van der Waals surface area contributed by atoms with Crippen molar-refractivity contribution in [1.29, 1.82) is 0 Å². The Kier molecular flexibility index (Phi) is 6.97.